The van der Waals surface area contributed by atoms with Gasteiger partial charge in [0, 0.05) is 5.54 Å². The Hall–Kier alpha value is -0.0400. The molecule has 0 aliphatic heterocycles. The first kappa shape index (κ1) is 11.0. The monoisotopic (exact) mass is 157 g/mol. The average Bonchev–Trinajstić information content (AvgIpc) is 1.84. The Kier molecular flexibility index (Phi) is 4.74. The lowest BCUT2D eigenvalue weighted by Gasteiger charge is -2.24. The number of hydrogen-bond donors (Lipinski definition) is 1. The van der Waals surface area contributed by atoms with Crippen LogP contribution < -0.4 is 5.73 Å². The SMILES string of the molecule is CCC[C@](C)(N)CCC(C)C. The fourth-order valence-electron chi connectivity index (χ4n) is 1.31. The zero-order valence-electron chi connectivity index (χ0n) is 8.48. The molecule has 68 valence electrons. The van der Waals surface area contributed by atoms with Crippen LogP contribution in [0.3, 0.4) is 0 Å². The van der Waals surface area contributed by atoms with Crippen LogP contribution in [0.5, 0.6) is 0 Å². The van der Waals surface area contributed by atoms with Crippen LogP contribution >= 0.6 is 0 Å². The smallest absolute Gasteiger partial charge is 0.0125 e. The van der Waals surface area contributed by atoms with Crippen LogP contribution in [0.4, 0.5) is 0 Å². The van der Waals surface area contributed by atoms with Crippen molar-refractivity contribution in [3.8, 4) is 0 Å². The van der Waals surface area contributed by atoms with Gasteiger partial charge in [-0.25, -0.2) is 0 Å². The predicted molar refractivity (Wildman–Crippen MR) is 51.6 cm³/mol. The third kappa shape index (κ3) is 6.36. The topological polar surface area (TPSA) is 26.0 Å². The van der Waals surface area contributed by atoms with Gasteiger partial charge >= 0.3 is 0 Å². The Bertz CT molecular complexity index is 95.0. The molecule has 0 saturated carbocycles. The van der Waals surface area contributed by atoms with Gasteiger partial charge in [-0.15, -0.1) is 0 Å². The van der Waals surface area contributed by atoms with Crippen molar-refractivity contribution in [3.63, 3.8) is 0 Å². The van der Waals surface area contributed by atoms with Gasteiger partial charge in [-0.2, -0.15) is 0 Å². The zero-order chi connectivity index (χ0) is 8.91. The molecular formula is C10H23N. The first-order chi connectivity index (χ1) is 4.98. The lowest BCUT2D eigenvalue weighted by Crippen LogP contribution is -2.36. The maximum atomic E-state index is 6.08. The fourth-order valence-corrected chi connectivity index (χ4v) is 1.31. The van der Waals surface area contributed by atoms with E-state index in [1.54, 1.807) is 0 Å². The van der Waals surface area contributed by atoms with Crippen molar-refractivity contribution in [2.75, 3.05) is 0 Å². The second-order valence-corrected chi connectivity index (χ2v) is 4.34. The molecule has 11 heavy (non-hydrogen) atoms. The molecule has 0 unspecified atom stereocenters. The molecule has 0 radical (unpaired) electrons. The summed E-state index contributed by atoms with van der Waals surface area (Å²) in [5.41, 5.74) is 6.16. The van der Waals surface area contributed by atoms with E-state index in [2.05, 4.69) is 27.7 Å². The van der Waals surface area contributed by atoms with Gasteiger partial charge in [0.15, 0.2) is 0 Å². The molecular weight excluding hydrogens is 134 g/mol. The molecule has 0 heterocycles. The van der Waals surface area contributed by atoms with Crippen LogP contribution in [-0.2, 0) is 0 Å². The fraction of sp³-hybridized carbons (Fsp3) is 1.00. The van der Waals surface area contributed by atoms with E-state index in [4.69, 9.17) is 5.73 Å². The standard InChI is InChI=1S/C10H23N/c1-5-7-10(4,11)8-6-9(2)3/h9H,5-8,11H2,1-4H3/t10-/m0/s1. The van der Waals surface area contributed by atoms with Crippen molar-refractivity contribution >= 4 is 0 Å². The van der Waals surface area contributed by atoms with Crippen LogP contribution in [0.15, 0.2) is 0 Å². The van der Waals surface area contributed by atoms with E-state index in [1.807, 2.05) is 0 Å². The molecule has 1 nitrogen and oxygen atoms in total. The number of nitrogens with two attached hydrogens (primary N) is 1. The van der Waals surface area contributed by atoms with Crippen LogP contribution in [0, 0.1) is 5.92 Å². The maximum absolute atomic E-state index is 6.08. The Morgan fingerprint density at radius 3 is 2.18 bits per heavy atom. The van der Waals surface area contributed by atoms with Crippen molar-refractivity contribution in [2.24, 2.45) is 11.7 Å². The molecule has 0 bridgehead atoms. The molecule has 0 aromatic heterocycles. The molecule has 0 aromatic carbocycles. The first-order valence-corrected chi connectivity index (χ1v) is 4.77. The molecule has 0 spiro atoms. The Balaban J connectivity index is 3.54. The molecule has 1 atom stereocenters. The molecule has 0 amide bonds. The van der Waals surface area contributed by atoms with E-state index in [-0.39, 0.29) is 5.54 Å². The Morgan fingerprint density at radius 1 is 1.27 bits per heavy atom. The van der Waals surface area contributed by atoms with E-state index >= 15 is 0 Å². The van der Waals surface area contributed by atoms with E-state index in [1.165, 1.54) is 19.3 Å². The highest BCUT2D eigenvalue weighted by Crippen LogP contribution is 2.18. The Morgan fingerprint density at radius 2 is 1.82 bits per heavy atom. The second-order valence-electron chi connectivity index (χ2n) is 4.34. The highest BCUT2D eigenvalue weighted by atomic mass is 14.7. The molecule has 0 rings (SSSR count). The van der Waals surface area contributed by atoms with Gasteiger partial charge in [0.2, 0.25) is 0 Å². The van der Waals surface area contributed by atoms with Gasteiger partial charge in [0.05, 0.1) is 0 Å². The van der Waals surface area contributed by atoms with E-state index < -0.39 is 0 Å². The summed E-state index contributed by atoms with van der Waals surface area (Å²) < 4.78 is 0. The molecule has 0 fully saturated rings. The molecule has 0 aliphatic carbocycles. The summed E-state index contributed by atoms with van der Waals surface area (Å²) in [6.45, 7) is 8.86. The average molecular weight is 157 g/mol. The van der Waals surface area contributed by atoms with Crippen molar-refractivity contribution in [1.82, 2.24) is 0 Å². The van der Waals surface area contributed by atoms with Crippen LogP contribution in [-0.4, -0.2) is 5.54 Å². The van der Waals surface area contributed by atoms with E-state index in [0.29, 0.717) is 0 Å². The highest BCUT2D eigenvalue weighted by Gasteiger charge is 2.16. The van der Waals surface area contributed by atoms with Crippen LogP contribution in [0.25, 0.3) is 0 Å². The summed E-state index contributed by atoms with van der Waals surface area (Å²) in [7, 11) is 0. The zero-order valence-corrected chi connectivity index (χ0v) is 8.48. The number of hydrogen-bond acceptors (Lipinski definition) is 1. The molecule has 0 aliphatic rings. The summed E-state index contributed by atoms with van der Waals surface area (Å²) >= 11 is 0. The van der Waals surface area contributed by atoms with E-state index in [9.17, 15) is 0 Å². The molecule has 0 aromatic rings. The summed E-state index contributed by atoms with van der Waals surface area (Å²) in [5.74, 6) is 0.787. The minimum atomic E-state index is 0.0824. The van der Waals surface area contributed by atoms with E-state index in [0.717, 1.165) is 12.3 Å². The van der Waals surface area contributed by atoms with Crippen molar-refractivity contribution in [3.05, 3.63) is 0 Å². The van der Waals surface area contributed by atoms with Crippen LogP contribution in [0.2, 0.25) is 0 Å². The third-order valence-corrected chi connectivity index (χ3v) is 2.11. The van der Waals surface area contributed by atoms with Crippen molar-refractivity contribution < 1.29 is 0 Å². The van der Waals surface area contributed by atoms with Gasteiger partial charge in [-0.05, 0) is 32.1 Å². The quantitative estimate of drug-likeness (QED) is 0.652. The largest absolute Gasteiger partial charge is 0.325 e. The molecule has 2 N–H and O–H groups in total. The lowest BCUT2D eigenvalue weighted by molar-refractivity contribution is 0.359. The van der Waals surface area contributed by atoms with Gasteiger partial charge in [0.25, 0.3) is 0 Å². The van der Waals surface area contributed by atoms with Crippen molar-refractivity contribution in [1.29, 1.82) is 0 Å². The van der Waals surface area contributed by atoms with Crippen molar-refractivity contribution in [2.45, 2.75) is 58.9 Å². The van der Waals surface area contributed by atoms with Crippen LogP contribution in [0.1, 0.15) is 53.4 Å². The minimum absolute atomic E-state index is 0.0824. The summed E-state index contributed by atoms with van der Waals surface area (Å²) in [5, 5.41) is 0. The number of rotatable bonds is 5. The second kappa shape index (κ2) is 4.76. The Labute approximate surface area is 71.4 Å². The predicted octanol–water partition coefficient (Wildman–Crippen LogP) is 2.94. The molecule has 1 heteroatoms. The summed E-state index contributed by atoms with van der Waals surface area (Å²) in [4.78, 5) is 0. The summed E-state index contributed by atoms with van der Waals surface area (Å²) in [6.07, 6.45) is 4.77. The maximum Gasteiger partial charge on any atom is 0.0125 e. The third-order valence-electron chi connectivity index (χ3n) is 2.11. The normalized spacial score (nSPS) is 16.9. The van der Waals surface area contributed by atoms with Gasteiger partial charge < -0.3 is 5.73 Å². The minimum Gasteiger partial charge on any atom is -0.325 e. The van der Waals surface area contributed by atoms with Gasteiger partial charge in [-0.3, -0.25) is 0 Å². The molecule has 0 saturated heterocycles. The lowest BCUT2D eigenvalue weighted by atomic mass is 9.89. The first-order valence-electron chi connectivity index (χ1n) is 4.77. The van der Waals surface area contributed by atoms with Gasteiger partial charge in [0.1, 0.15) is 0 Å². The highest BCUT2D eigenvalue weighted by molar-refractivity contribution is 4.77. The van der Waals surface area contributed by atoms with Gasteiger partial charge in [-0.1, -0.05) is 27.2 Å². The summed E-state index contributed by atoms with van der Waals surface area (Å²) in [6, 6.07) is 0.